The number of ether oxygens (including phenoxy) is 2. The fourth-order valence-electron chi connectivity index (χ4n) is 1.86. The number of methoxy groups -OCH3 is 1. The van der Waals surface area contributed by atoms with E-state index in [1.54, 1.807) is 19.4 Å². The number of pyridine rings is 1. The Morgan fingerprint density at radius 2 is 2.10 bits per heavy atom. The first kappa shape index (κ1) is 13.9. The normalized spacial score (nSPS) is 9.85. The largest absolute Gasteiger partial charge is 0.493 e. The molecule has 20 heavy (non-hydrogen) atoms. The predicted molar refractivity (Wildman–Crippen MR) is 75.7 cm³/mol. The van der Waals surface area contributed by atoms with Gasteiger partial charge in [-0.1, -0.05) is 19.1 Å². The van der Waals surface area contributed by atoms with E-state index in [0.29, 0.717) is 23.8 Å². The maximum absolute atomic E-state index is 8.99. The first-order valence-electron chi connectivity index (χ1n) is 6.42. The molecule has 4 nitrogen and oxygen atoms in total. The zero-order chi connectivity index (χ0) is 14.4. The van der Waals surface area contributed by atoms with Gasteiger partial charge in [0.2, 0.25) is 0 Å². The van der Waals surface area contributed by atoms with E-state index in [1.807, 2.05) is 24.3 Å². The molecule has 0 aliphatic carbocycles. The van der Waals surface area contributed by atoms with E-state index in [2.05, 4.69) is 18.0 Å². The zero-order valence-electron chi connectivity index (χ0n) is 11.6. The van der Waals surface area contributed by atoms with Crippen LogP contribution in [0.15, 0.2) is 36.5 Å². The van der Waals surface area contributed by atoms with Crippen LogP contribution in [0.3, 0.4) is 0 Å². The third-order valence-electron chi connectivity index (χ3n) is 3.02. The number of aromatic nitrogens is 1. The molecule has 1 aromatic heterocycles. The first-order valence-corrected chi connectivity index (χ1v) is 6.42. The van der Waals surface area contributed by atoms with Crippen LogP contribution in [0, 0.1) is 11.3 Å². The van der Waals surface area contributed by atoms with Crippen molar-refractivity contribution in [2.24, 2.45) is 0 Å². The van der Waals surface area contributed by atoms with Crippen molar-refractivity contribution in [3.63, 3.8) is 0 Å². The van der Waals surface area contributed by atoms with Crippen molar-refractivity contribution in [1.29, 1.82) is 5.26 Å². The fourth-order valence-corrected chi connectivity index (χ4v) is 1.86. The molecule has 0 bridgehead atoms. The quantitative estimate of drug-likeness (QED) is 0.836. The van der Waals surface area contributed by atoms with Crippen molar-refractivity contribution < 1.29 is 9.47 Å². The van der Waals surface area contributed by atoms with Crippen LogP contribution in [0.4, 0.5) is 0 Å². The van der Waals surface area contributed by atoms with Crippen molar-refractivity contribution in [2.45, 2.75) is 20.0 Å². The summed E-state index contributed by atoms with van der Waals surface area (Å²) >= 11 is 0. The van der Waals surface area contributed by atoms with Crippen LogP contribution in [0.1, 0.15) is 23.7 Å². The van der Waals surface area contributed by atoms with Crippen LogP contribution in [0.5, 0.6) is 11.5 Å². The number of nitrogens with zero attached hydrogens (tertiary/aromatic N) is 2. The van der Waals surface area contributed by atoms with Crippen molar-refractivity contribution in [3.8, 4) is 17.6 Å². The molecule has 0 saturated carbocycles. The Morgan fingerprint density at radius 1 is 1.25 bits per heavy atom. The van der Waals surface area contributed by atoms with E-state index in [-0.39, 0.29) is 0 Å². The SMILES string of the molecule is CCc1ccc(OCc2cccnc2C#N)c(OC)c1. The maximum Gasteiger partial charge on any atom is 0.161 e. The van der Waals surface area contributed by atoms with Crippen LogP contribution in [0.2, 0.25) is 0 Å². The van der Waals surface area contributed by atoms with Crippen molar-refractivity contribution in [1.82, 2.24) is 4.98 Å². The predicted octanol–water partition coefficient (Wildman–Crippen LogP) is 3.10. The van der Waals surface area contributed by atoms with Gasteiger partial charge in [-0.25, -0.2) is 4.98 Å². The highest BCUT2D eigenvalue weighted by Crippen LogP contribution is 2.29. The van der Waals surface area contributed by atoms with Gasteiger partial charge < -0.3 is 9.47 Å². The number of nitriles is 1. The molecule has 0 amide bonds. The number of hydrogen-bond donors (Lipinski definition) is 0. The Hall–Kier alpha value is -2.54. The fraction of sp³-hybridized carbons (Fsp3) is 0.250. The second-order valence-electron chi connectivity index (χ2n) is 4.25. The topological polar surface area (TPSA) is 55.1 Å². The molecule has 0 aliphatic heterocycles. The average Bonchev–Trinajstić information content (AvgIpc) is 2.52. The molecule has 2 aromatic rings. The Morgan fingerprint density at radius 3 is 2.80 bits per heavy atom. The molecule has 1 aromatic carbocycles. The molecule has 0 spiro atoms. The summed E-state index contributed by atoms with van der Waals surface area (Å²) in [6, 6.07) is 11.5. The van der Waals surface area contributed by atoms with Crippen molar-refractivity contribution >= 4 is 0 Å². The molecule has 0 N–H and O–H groups in total. The highest BCUT2D eigenvalue weighted by atomic mass is 16.5. The summed E-state index contributed by atoms with van der Waals surface area (Å²) < 4.78 is 11.1. The minimum Gasteiger partial charge on any atom is -0.493 e. The molecule has 0 radical (unpaired) electrons. The van der Waals surface area contributed by atoms with Gasteiger partial charge in [-0.3, -0.25) is 0 Å². The molecule has 4 heteroatoms. The Balaban J connectivity index is 2.17. The van der Waals surface area contributed by atoms with E-state index in [4.69, 9.17) is 14.7 Å². The van der Waals surface area contributed by atoms with E-state index >= 15 is 0 Å². The molecule has 0 atom stereocenters. The highest BCUT2D eigenvalue weighted by molar-refractivity contribution is 5.43. The average molecular weight is 268 g/mol. The summed E-state index contributed by atoms with van der Waals surface area (Å²) in [6.07, 6.45) is 2.54. The minimum atomic E-state index is 0.290. The molecule has 1 heterocycles. The molecular formula is C16H16N2O2. The van der Waals surface area contributed by atoms with Crippen LogP contribution in [-0.2, 0) is 13.0 Å². The lowest BCUT2D eigenvalue weighted by molar-refractivity contribution is 0.283. The van der Waals surface area contributed by atoms with Crippen molar-refractivity contribution in [2.75, 3.05) is 7.11 Å². The Bertz CT molecular complexity index is 633. The molecule has 102 valence electrons. The third kappa shape index (κ3) is 3.07. The van der Waals surface area contributed by atoms with Crippen LogP contribution < -0.4 is 9.47 Å². The zero-order valence-corrected chi connectivity index (χ0v) is 11.6. The van der Waals surface area contributed by atoms with Gasteiger partial charge in [-0.15, -0.1) is 0 Å². The smallest absolute Gasteiger partial charge is 0.161 e. The van der Waals surface area contributed by atoms with Gasteiger partial charge in [0.1, 0.15) is 18.4 Å². The summed E-state index contributed by atoms with van der Waals surface area (Å²) in [6.45, 7) is 2.38. The van der Waals surface area contributed by atoms with E-state index in [1.165, 1.54) is 5.56 Å². The first-order chi connectivity index (χ1) is 9.78. The second-order valence-corrected chi connectivity index (χ2v) is 4.25. The van der Waals surface area contributed by atoms with Gasteiger partial charge in [0, 0.05) is 11.8 Å². The molecule has 2 rings (SSSR count). The maximum atomic E-state index is 8.99. The van der Waals surface area contributed by atoms with Crippen LogP contribution >= 0.6 is 0 Å². The summed E-state index contributed by atoms with van der Waals surface area (Å²) in [5.41, 5.74) is 2.33. The lowest BCUT2D eigenvalue weighted by Gasteiger charge is -2.12. The van der Waals surface area contributed by atoms with Crippen LogP contribution in [-0.4, -0.2) is 12.1 Å². The molecule has 0 unspecified atom stereocenters. The summed E-state index contributed by atoms with van der Waals surface area (Å²) in [5.74, 6) is 1.36. The number of aryl methyl sites for hydroxylation is 1. The minimum absolute atomic E-state index is 0.290. The lowest BCUT2D eigenvalue weighted by atomic mass is 10.1. The Labute approximate surface area is 118 Å². The van der Waals surface area contributed by atoms with E-state index in [0.717, 1.165) is 12.0 Å². The number of hydrogen-bond acceptors (Lipinski definition) is 4. The van der Waals surface area contributed by atoms with Gasteiger partial charge in [0.25, 0.3) is 0 Å². The standard InChI is InChI=1S/C16H16N2O2/c1-3-12-6-7-15(16(9-12)19-2)20-11-13-5-4-8-18-14(13)10-17/h4-9H,3,11H2,1-2H3. The van der Waals surface area contributed by atoms with Gasteiger partial charge in [-0.05, 0) is 30.2 Å². The second kappa shape index (κ2) is 6.58. The Kier molecular flexibility index (Phi) is 4.56. The molecular weight excluding hydrogens is 252 g/mol. The summed E-state index contributed by atoms with van der Waals surface area (Å²) in [5, 5.41) is 8.99. The van der Waals surface area contributed by atoms with Gasteiger partial charge >= 0.3 is 0 Å². The molecule has 0 aliphatic rings. The van der Waals surface area contributed by atoms with E-state index < -0.39 is 0 Å². The van der Waals surface area contributed by atoms with Crippen LogP contribution in [0.25, 0.3) is 0 Å². The highest BCUT2D eigenvalue weighted by Gasteiger charge is 2.08. The number of benzene rings is 1. The van der Waals surface area contributed by atoms with Crippen molar-refractivity contribution in [3.05, 3.63) is 53.3 Å². The third-order valence-corrected chi connectivity index (χ3v) is 3.02. The molecule has 0 fully saturated rings. The lowest BCUT2D eigenvalue weighted by Crippen LogP contribution is -2.01. The van der Waals surface area contributed by atoms with Gasteiger partial charge in [0.15, 0.2) is 11.5 Å². The number of rotatable bonds is 5. The summed E-state index contributed by atoms with van der Waals surface area (Å²) in [4.78, 5) is 4.01. The monoisotopic (exact) mass is 268 g/mol. The van der Waals surface area contributed by atoms with E-state index in [9.17, 15) is 0 Å². The summed E-state index contributed by atoms with van der Waals surface area (Å²) in [7, 11) is 1.62. The van der Waals surface area contributed by atoms with Gasteiger partial charge in [0.05, 0.1) is 7.11 Å². The molecule has 0 saturated heterocycles. The van der Waals surface area contributed by atoms with Gasteiger partial charge in [-0.2, -0.15) is 5.26 Å².